The fourth-order valence-electron chi connectivity index (χ4n) is 1.15. The number of hydrogen-bond acceptors (Lipinski definition) is 2. The van der Waals surface area contributed by atoms with Crippen LogP contribution in [0.3, 0.4) is 0 Å². The summed E-state index contributed by atoms with van der Waals surface area (Å²) in [6, 6.07) is 0. The molecule has 0 aromatic carbocycles. The number of rotatable bonds is 4. The Balaban J connectivity index is 2.64. The monoisotopic (exact) mass is 265 g/mol. The van der Waals surface area contributed by atoms with Gasteiger partial charge in [-0.1, -0.05) is 27.5 Å². The number of nitrogens with zero attached hydrogens (tertiary/aromatic N) is 2. The molecule has 3 nitrogen and oxygen atoms in total. The predicted molar refractivity (Wildman–Crippen MR) is 58.5 cm³/mol. The van der Waals surface area contributed by atoms with E-state index in [4.69, 9.17) is 11.6 Å². The van der Waals surface area contributed by atoms with Crippen LogP contribution in [0.5, 0.6) is 0 Å². The molecule has 5 heteroatoms. The standard InChI is InChI=1S/C8H13BrClN3/c1-6-8(10)7(13(2)12-6)5-11-4-3-9/h11H,3-5H2,1-2H3. The van der Waals surface area contributed by atoms with Crippen molar-refractivity contribution >= 4 is 27.5 Å². The second kappa shape index (κ2) is 4.98. The zero-order valence-electron chi connectivity index (χ0n) is 7.77. The number of nitrogens with one attached hydrogen (secondary N) is 1. The summed E-state index contributed by atoms with van der Waals surface area (Å²) >= 11 is 9.41. The van der Waals surface area contributed by atoms with Gasteiger partial charge in [0.1, 0.15) is 0 Å². The second-order valence-electron chi connectivity index (χ2n) is 2.84. The van der Waals surface area contributed by atoms with Gasteiger partial charge >= 0.3 is 0 Å². The molecule has 1 heterocycles. The lowest BCUT2D eigenvalue weighted by Gasteiger charge is -2.03. The minimum Gasteiger partial charge on any atom is -0.310 e. The van der Waals surface area contributed by atoms with Crippen LogP contribution in [0, 0.1) is 6.92 Å². The molecule has 1 rings (SSSR count). The average molecular weight is 267 g/mol. The van der Waals surface area contributed by atoms with Crippen molar-refractivity contribution < 1.29 is 0 Å². The van der Waals surface area contributed by atoms with E-state index in [-0.39, 0.29) is 0 Å². The molecule has 0 saturated carbocycles. The lowest BCUT2D eigenvalue weighted by Crippen LogP contribution is -2.17. The second-order valence-corrected chi connectivity index (χ2v) is 4.01. The summed E-state index contributed by atoms with van der Waals surface area (Å²) in [5, 5.41) is 9.19. The largest absolute Gasteiger partial charge is 0.310 e. The number of hydrogen-bond donors (Lipinski definition) is 1. The highest BCUT2D eigenvalue weighted by Gasteiger charge is 2.09. The van der Waals surface area contributed by atoms with Gasteiger partial charge in [0, 0.05) is 25.5 Å². The van der Waals surface area contributed by atoms with Gasteiger partial charge in [-0.2, -0.15) is 5.10 Å². The maximum absolute atomic E-state index is 6.06. The quantitative estimate of drug-likeness (QED) is 0.666. The smallest absolute Gasteiger partial charge is 0.0860 e. The summed E-state index contributed by atoms with van der Waals surface area (Å²) in [4.78, 5) is 0. The van der Waals surface area contributed by atoms with Crippen molar-refractivity contribution in [2.24, 2.45) is 7.05 Å². The minimum atomic E-state index is 0.766. The molecule has 0 radical (unpaired) electrons. The predicted octanol–water partition coefficient (Wildman–Crippen LogP) is 1.87. The summed E-state index contributed by atoms with van der Waals surface area (Å²) < 4.78 is 1.82. The van der Waals surface area contributed by atoms with Crippen LogP contribution in [0.15, 0.2) is 0 Å². The number of halogens is 2. The molecule has 1 aromatic rings. The van der Waals surface area contributed by atoms with E-state index in [1.807, 2.05) is 18.7 Å². The van der Waals surface area contributed by atoms with Gasteiger partial charge in [0.15, 0.2) is 0 Å². The number of aromatic nitrogens is 2. The summed E-state index contributed by atoms with van der Waals surface area (Å²) in [7, 11) is 1.91. The highest BCUT2D eigenvalue weighted by atomic mass is 79.9. The molecule has 0 bridgehead atoms. The highest BCUT2D eigenvalue weighted by molar-refractivity contribution is 9.09. The van der Waals surface area contributed by atoms with Crippen molar-refractivity contribution in [3.8, 4) is 0 Å². The van der Waals surface area contributed by atoms with Crippen molar-refractivity contribution in [2.75, 3.05) is 11.9 Å². The molecule has 0 atom stereocenters. The van der Waals surface area contributed by atoms with Crippen molar-refractivity contribution in [1.82, 2.24) is 15.1 Å². The third-order valence-electron chi connectivity index (χ3n) is 1.83. The Morgan fingerprint density at radius 3 is 2.77 bits per heavy atom. The Kier molecular flexibility index (Phi) is 4.22. The maximum atomic E-state index is 6.06. The van der Waals surface area contributed by atoms with E-state index in [1.54, 1.807) is 0 Å². The van der Waals surface area contributed by atoms with Crippen molar-refractivity contribution in [2.45, 2.75) is 13.5 Å². The van der Waals surface area contributed by atoms with Crippen molar-refractivity contribution in [1.29, 1.82) is 0 Å². The molecule has 0 aliphatic rings. The molecule has 1 aromatic heterocycles. The average Bonchev–Trinajstić information content (AvgIpc) is 2.32. The molecular weight excluding hydrogens is 253 g/mol. The van der Waals surface area contributed by atoms with Crippen LogP contribution >= 0.6 is 27.5 Å². The molecule has 1 N–H and O–H groups in total. The van der Waals surface area contributed by atoms with Gasteiger partial charge in [0.25, 0.3) is 0 Å². The van der Waals surface area contributed by atoms with Crippen LogP contribution in [0.25, 0.3) is 0 Å². The van der Waals surface area contributed by atoms with E-state index in [9.17, 15) is 0 Å². The normalized spacial score (nSPS) is 10.8. The lowest BCUT2D eigenvalue weighted by molar-refractivity contribution is 0.643. The Morgan fingerprint density at radius 2 is 2.31 bits per heavy atom. The number of alkyl halides is 1. The van der Waals surface area contributed by atoms with Gasteiger partial charge in [0.2, 0.25) is 0 Å². The topological polar surface area (TPSA) is 29.9 Å². The molecule has 13 heavy (non-hydrogen) atoms. The molecule has 0 spiro atoms. The summed E-state index contributed by atoms with van der Waals surface area (Å²) in [5.74, 6) is 0. The van der Waals surface area contributed by atoms with Crippen LogP contribution in [0.2, 0.25) is 5.02 Å². The number of aryl methyl sites for hydroxylation is 2. The Hall–Kier alpha value is -0.0600. The van der Waals surface area contributed by atoms with Crippen molar-refractivity contribution in [3.05, 3.63) is 16.4 Å². The molecule has 0 saturated heterocycles. The summed E-state index contributed by atoms with van der Waals surface area (Å²) in [6.45, 7) is 3.61. The zero-order valence-corrected chi connectivity index (χ0v) is 10.1. The SMILES string of the molecule is Cc1nn(C)c(CNCCBr)c1Cl. The summed E-state index contributed by atoms with van der Waals surface area (Å²) in [5.41, 5.74) is 1.93. The van der Waals surface area contributed by atoms with Gasteiger partial charge in [0.05, 0.1) is 16.4 Å². The van der Waals surface area contributed by atoms with Gasteiger partial charge in [-0.25, -0.2) is 0 Å². The van der Waals surface area contributed by atoms with Crippen LogP contribution in [-0.2, 0) is 13.6 Å². The molecule has 0 aliphatic heterocycles. The first-order valence-electron chi connectivity index (χ1n) is 4.11. The molecule has 74 valence electrons. The van der Waals surface area contributed by atoms with E-state index >= 15 is 0 Å². The van der Waals surface area contributed by atoms with Gasteiger partial charge < -0.3 is 5.32 Å². The first-order valence-corrected chi connectivity index (χ1v) is 5.61. The Labute approximate surface area is 91.6 Å². The van der Waals surface area contributed by atoms with E-state index in [0.717, 1.165) is 34.8 Å². The lowest BCUT2D eigenvalue weighted by atomic mass is 10.3. The first-order chi connectivity index (χ1) is 6.16. The highest BCUT2D eigenvalue weighted by Crippen LogP contribution is 2.18. The third-order valence-corrected chi connectivity index (χ3v) is 2.71. The summed E-state index contributed by atoms with van der Waals surface area (Å²) in [6.07, 6.45) is 0. The van der Waals surface area contributed by atoms with Gasteiger partial charge in [-0.3, -0.25) is 4.68 Å². The molecule has 0 amide bonds. The zero-order chi connectivity index (χ0) is 9.84. The van der Waals surface area contributed by atoms with E-state index in [1.165, 1.54) is 0 Å². The van der Waals surface area contributed by atoms with E-state index in [0.29, 0.717) is 0 Å². The van der Waals surface area contributed by atoms with E-state index < -0.39 is 0 Å². The van der Waals surface area contributed by atoms with Crippen LogP contribution < -0.4 is 5.32 Å². The molecular formula is C8H13BrClN3. The van der Waals surface area contributed by atoms with Gasteiger partial charge in [-0.15, -0.1) is 0 Å². The van der Waals surface area contributed by atoms with Crippen LogP contribution in [0.1, 0.15) is 11.4 Å². The Morgan fingerprint density at radius 1 is 1.62 bits per heavy atom. The molecule has 0 unspecified atom stereocenters. The fourth-order valence-corrected chi connectivity index (χ4v) is 1.65. The van der Waals surface area contributed by atoms with Crippen molar-refractivity contribution in [3.63, 3.8) is 0 Å². The maximum Gasteiger partial charge on any atom is 0.0860 e. The van der Waals surface area contributed by atoms with E-state index in [2.05, 4.69) is 26.3 Å². The van der Waals surface area contributed by atoms with Crippen LogP contribution in [0.4, 0.5) is 0 Å². The van der Waals surface area contributed by atoms with Crippen LogP contribution in [-0.4, -0.2) is 21.7 Å². The molecule has 0 aliphatic carbocycles. The third kappa shape index (κ3) is 2.69. The Bertz CT molecular complexity index is 285. The fraction of sp³-hybridized carbons (Fsp3) is 0.625. The first kappa shape index (κ1) is 11.0. The van der Waals surface area contributed by atoms with Gasteiger partial charge in [-0.05, 0) is 6.92 Å². The molecule has 0 fully saturated rings. The minimum absolute atomic E-state index is 0.766.